The molecule has 8 atom stereocenters. The SMILES string of the molecule is C=CC1=CC(C)C(C2(C3=CCC=CC=C3)c3ccccc3-c3ccc(N(C4=CC(C)C(c5ccc(N(c6ccc7c(c6)C(C6=CC=CCC=C6)(C6C=CC(C=C)=CC6C)c6ccccc6-7)c6cccc7ccccc67)cc5)C=C4)c4cccc5ccccc45)cc32)C=C1. The summed E-state index contributed by atoms with van der Waals surface area (Å²) in [5, 5.41) is 4.84. The summed E-state index contributed by atoms with van der Waals surface area (Å²) >= 11 is 0. The minimum atomic E-state index is -0.475. The second-order valence-electron chi connectivity index (χ2n) is 26.4. The van der Waals surface area contributed by atoms with Crippen molar-refractivity contribution in [2.75, 3.05) is 9.80 Å². The summed E-state index contributed by atoms with van der Waals surface area (Å²) in [6, 6.07) is 73.7. The van der Waals surface area contributed by atoms with E-state index >= 15 is 0 Å². The van der Waals surface area contributed by atoms with Gasteiger partial charge in [0.05, 0.1) is 22.2 Å². The van der Waals surface area contributed by atoms with E-state index in [0.717, 1.165) is 47.0 Å². The summed E-state index contributed by atoms with van der Waals surface area (Å²) in [7, 11) is 0. The van der Waals surface area contributed by atoms with Gasteiger partial charge in [0.1, 0.15) is 0 Å². The molecule has 8 unspecified atom stereocenters. The monoisotopic (exact) mass is 1200 g/mol. The molecule has 7 aliphatic rings. The molecule has 0 heterocycles. The first-order valence-electron chi connectivity index (χ1n) is 33.4. The van der Waals surface area contributed by atoms with Crippen LogP contribution in [0.15, 0.2) is 363 Å². The highest BCUT2D eigenvalue weighted by atomic mass is 15.2. The van der Waals surface area contributed by atoms with Crippen LogP contribution in [0, 0.1) is 29.6 Å². The van der Waals surface area contributed by atoms with Crippen molar-refractivity contribution in [3.05, 3.63) is 391 Å². The highest BCUT2D eigenvalue weighted by molar-refractivity contribution is 6.01. The summed E-state index contributed by atoms with van der Waals surface area (Å²) in [6.45, 7) is 15.6. The maximum atomic E-state index is 4.19. The molecule has 450 valence electrons. The van der Waals surface area contributed by atoms with Gasteiger partial charge in [-0.15, -0.1) is 0 Å². The predicted molar refractivity (Wildman–Crippen MR) is 395 cm³/mol. The lowest BCUT2D eigenvalue weighted by atomic mass is 9.58. The van der Waals surface area contributed by atoms with Gasteiger partial charge in [0.15, 0.2) is 0 Å². The van der Waals surface area contributed by atoms with E-state index in [1.807, 2.05) is 12.2 Å². The summed E-state index contributed by atoms with van der Waals surface area (Å²) in [5.74, 6) is 1.05. The van der Waals surface area contributed by atoms with Crippen LogP contribution in [0.3, 0.4) is 0 Å². The average Bonchev–Trinajstić information content (AvgIpc) is 1.56. The number of nitrogens with zero attached hydrogens (tertiary/aromatic N) is 2. The van der Waals surface area contributed by atoms with E-state index in [1.54, 1.807) is 0 Å². The molecule has 2 heteroatoms. The van der Waals surface area contributed by atoms with E-state index in [2.05, 4.69) is 353 Å². The molecule has 0 bridgehead atoms. The summed E-state index contributed by atoms with van der Waals surface area (Å²) in [6.07, 6.45) is 50.8. The molecule has 9 aromatic rings. The van der Waals surface area contributed by atoms with Gasteiger partial charge in [0, 0.05) is 51.3 Å². The van der Waals surface area contributed by atoms with Gasteiger partial charge >= 0.3 is 0 Å². The van der Waals surface area contributed by atoms with Crippen molar-refractivity contribution in [1.29, 1.82) is 0 Å². The molecule has 0 aliphatic heterocycles. The second-order valence-corrected chi connectivity index (χ2v) is 26.4. The van der Waals surface area contributed by atoms with E-state index in [1.165, 1.54) is 93.9 Å². The molecule has 0 amide bonds. The third kappa shape index (κ3) is 9.36. The average molecular weight is 1200 g/mol. The van der Waals surface area contributed by atoms with Gasteiger partial charge in [-0.05, 0) is 168 Å². The molecule has 0 spiro atoms. The zero-order valence-corrected chi connectivity index (χ0v) is 53.3. The van der Waals surface area contributed by atoms with Gasteiger partial charge in [-0.2, -0.15) is 0 Å². The number of fused-ring (bicyclic) bond motifs is 8. The van der Waals surface area contributed by atoms with E-state index in [-0.39, 0.29) is 35.5 Å². The van der Waals surface area contributed by atoms with Gasteiger partial charge < -0.3 is 9.80 Å². The van der Waals surface area contributed by atoms with Crippen molar-refractivity contribution in [1.82, 2.24) is 0 Å². The van der Waals surface area contributed by atoms with Crippen molar-refractivity contribution in [2.45, 2.75) is 50.4 Å². The topological polar surface area (TPSA) is 6.48 Å². The number of hydrogen-bond donors (Lipinski definition) is 0. The van der Waals surface area contributed by atoms with Crippen LogP contribution in [0.2, 0.25) is 0 Å². The lowest BCUT2D eigenvalue weighted by Crippen LogP contribution is -2.39. The fourth-order valence-corrected chi connectivity index (χ4v) is 17.2. The first-order chi connectivity index (χ1) is 45.8. The summed E-state index contributed by atoms with van der Waals surface area (Å²) in [5.41, 5.74) is 22.8. The Kier molecular flexibility index (Phi) is 14.6. The highest BCUT2D eigenvalue weighted by Crippen LogP contribution is 2.63. The molecular weight excluding hydrogens is 1120 g/mol. The Morgan fingerprint density at radius 2 is 0.935 bits per heavy atom. The van der Waals surface area contributed by atoms with E-state index in [0.29, 0.717) is 0 Å². The number of allylic oxidation sites excluding steroid dienone is 25. The molecule has 0 saturated carbocycles. The minimum Gasteiger partial charge on any atom is -0.310 e. The number of anilines is 5. The molecule has 0 fully saturated rings. The highest BCUT2D eigenvalue weighted by Gasteiger charge is 2.53. The van der Waals surface area contributed by atoms with Crippen molar-refractivity contribution in [2.24, 2.45) is 29.6 Å². The third-order valence-electron chi connectivity index (χ3n) is 21.3. The Morgan fingerprint density at radius 1 is 0.409 bits per heavy atom. The molecule has 16 rings (SSSR count). The molecule has 0 N–H and O–H groups in total. The van der Waals surface area contributed by atoms with Gasteiger partial charge in [0.25, 0.3) is 0 Å². The van der Waals surface area contributed by atoms with Gasteiger partial charge in [0.2, 0.25) is 0 Å². The maximum Gasteiger partial charge on any atom is 0.0540 e. The first-order valence-corrected chi connectivity index (χ1v) is 33.4. The van der Waals surface area contributed by atoms with Crippen molar-refractivity contribution < 1.29 is 0 Å². The lowest BCUT2D eigenvalue weighted by Gasteiger charge is -2.44. The van der Waals surface area contributed by atoms with Crippen LogP contribution >= 0.6 is 0 Å². The molecule has 0 saturated heterocycles. The van der Waals surface area contributed by atoms with E-state index in [9.17, 15) is 0 Å². The first kappa shape index (κ1) is 57.6. The molecule has 0 radical (unpaired) electrons. The standard InChI is InChI=1S/C91H76N2/c1-6-64-42-54-82(62(4)56-64)90(69-30-12-8-9-13-31-69)84-38-22-20-36-78(84)80-52-49-73(59-86(80)90)92(88-40-24-28-66-26-16-18-34-76(66)88)71-46-44-68(45-47-71)75-51-48-72(58-61(75)3)93(89-41-25-29-67-27-17-19-35-77(67)89)74-50-53-81-79-37-21-23-39-85(79)91(87(81)60-74,70-32-14-10-11-15-33-70)83-55-43-65(7-2)57-63(83)5/h6-8,10-14,16-63,75,82-83H,1-2,9,15H2,3-5H3. The fourth-order valence-electron chi connectivity index (χ4n) is 17.2. The van der Waals surface area contributed by atoms with Crippen molar-refractivity contribution >= 4 is 50.0 Å². The van der Waals surface area contributed by atoms with Crippen molar-refractivity contribution in [3.63, 3.8) is 0 Å². The fraction of sp³-hybridized carbons (Fsp3) is 0.143. The molecule has 2 nitrogen and oxygen atoms in total. The Morgan fingerprint density at radius 3 is 1.54 bits per heavy atom. The summed E-state index contributed by atoms with van der Waals surface area (Å²) in [4.78, 5) is 5.06. The van der Waals surface area contributed by atoms with Crippen LogP contribution in [-0.2, 0) is 10.8 Å². The largest absolute Gasteiger partial charge is 0.310 e. The Labute approximate surface area is 549 Å². The van der Waals surface area contributed by atoms with Gasteiger partial charge in [-0.25, -0.2) is 0 Å². The predicted octanol–water partition coefficient (Wildman–Crippen LogP) is 23.8. The smallest absolute Gasteiger partial charge is 0.0540 e. The van der Waals surface area contributed by atoms with Crippen LogP contribution in [0.5, 0.6) is 0 Å². The molecule has 0 aromatic heterocycles. The third-order valence-corrected chi connectivity index (χ3v) is 21.3. The second kappa shape index (κ2) is 23.6. The summed E-state index contributed by atoms with van der Waals surface area (Å²) < 4.78 is 0. The quantitative estimate of drug-likeness (QED) is 0.114. The molecule has 7 aliphatic carbocycles. The van der Waals surface area contributed by atoms with Crippen LogP contribution in [0.4, 0.5) is 28.4 Å². The lowest BCUT2D eigenvalue weighted by molar-refractivity contribution is 0.372. The van der Waals surface area contributed by atoms with E-state index in [4.69, 9.17) is 0 Å². The Hall–Kier alpha value is -10.5. The van der Waals surface area contributed by atoms with E-state index < -0.39 is 10.8 Å². The van der Waals surface area contributed by atoms with Gasteiger partial charge in [-0.1, -0.05) is 301 Å². The van der Waals surface area contributed by atoms with Crippen LogP contribution in [-0.4, -0.2) is 0 Å². The van der Waals surface area contributed by atoms with Crippen LogP contribution in [0.25, 0.3) is 43.8 Å². The zero-order chi connectivity index (χ0) is 62.8. The molecule has 93 heavy (non-hydrogen) atoms. The van der Waals surface area contributed by atoms with Crippen molar-refractivity contribution in [3.8, 4) is 22.3 Å². The van der Waals surface area contributed by atoms with Gasteiger partial charge in [-0.3, -0.25) is 0 Å². The minimum absolute atomic E-state index is 0.135. The number of rotatable bonds is 13. The normalized spacial score (nSPS) is 23.8. The maximum absolute atomic E-state index is 4.19. The van der Waals surface area contributed by atoms with Crippen LogP contribution < -0.4 is 9.80 Å². The van der Waals surface area contributed by atoms with Crippen LogP contribution in [0.1, 0.15) is 67.3 Å². The Balaban J connectivity index is 0.806. The zero-order valence-electron chi connectivity index (χ0n) is 53.3. The number of benzene rings is 9. The molecular formula is C91H76N2. The molecule has 9 aromatic carbocycles. The Bertz CT molecular complexity index is 4930. The number of hydrogen-bond acceptors (Lipinski definition) is 2.